The molecule has 0 bridgehead atoms. The Morgan fingerprint density at radius 3 is 2.45 bits per heavy atom. The first-order chi connectivity index (χ1) is 9.47. The number of halogens is 1. The van der Waals surface area contributed by atoms with Crippen LogP contribution in [0.1, 0.15) is 18.1 Å². The lowest BCUT2D eigenvalue weighted by atomic mass is 10.1. The van der Waals surface area contributed by atoms with Gasteiger partial charge in [-0.1, -0.05) is 23.2 Å². The second-order valence-electron chi connectivity index (χ2n) is 4.78. The average molecular weight is 288 g/mol. The van der Waals surface area contributed by atoms with Gasteiger partial charge in [0.15, 0.2) is 0 Å². The monoisotopic (exact) mass is 287 g/mol. The molecule has 0 atom stereocenters. The van der Waals surface area contributed by atoms with Gasteiger partial charge in [0.05, 0.1) is 11.4 Å². The summed E-state index contributed by atoms with van der Waals surface area (Å²) in [5.74, 6) is 0. The summed E-state index contributed by atoms with van der Waals surface area (Å²) in [5.41, 5.74) is 10.7. The van der Waals surface area contributed by atoms with Crippen molar-refractivity contribution in [3.63, 3.8) is 0 Å². The molecule has 104 valence electrons. The molecule has 2 aromatic rings. The van der Waals surface area contributed by atoms with Crippen LogP contribution in [0.5, 0.6) is 0 Å². The molecule has 3 nitrogen and oxygen atoms in total. The molecule has 0 spiro atoms. The number of nitrogens with two attached hydrogens (primary N) is 1. The third-order valence-corrected chi connectivity index (χ3v) is 3.35. The largest absolute Gasteiger partial charge is 0.398 e. The van der Waals surface area contributed by atoms with Crippen molar-refractivity contribution in [1.29, 1.82) is 0 Å². The number of benzene rings is 2. The number of nitrogen functional groups attached to an aromatic ring is 1. The first-order valence-corrected chi connectivity index (χ1v) is 6.76. The van der Waals surface area contributed by atoms with Gasteiger partial charge in [-0.25, -0.2) is 0 Å². The predicted molar refractivity (Wildman–Crippen MR) is 87.7 cm³/mol. The maximum absolute atomic E-state index is 6.01. The zero-order valence-corrected chi connectivity index (χ0v) is 12.6. The molecule has 4 heteroatoms. The van der Waals surface area contributed by atoms with Crippen LogP contribution in [0.15, 0.2) is 47.6 Å². The Morgan fingerprint density at radius 2 is 1.80 bits per heavy atom. The van der Waals surface area contributed by atoms with Crippen molar-refractivity contribution in [2.75, 3.05) is 17.8 Å². The van der Waals surface area contributed by atoms with Crippen LogP contribution in [0.2, 0.25) is 5.02 Å². The fourth-order valence-corrected chi connectivity index (χ4v) is 2.10. The van der Waals surface area contributed by atoms with E-state index >= 15 is 0 Å². The van der Waals surface area contributed by atoms with E-state index in [0.29, 0.717) is 5.02 Å². The van der Waals surface area contributed by atoms with Crippen molar-refractivity contribution >= 4 is 28.7 Å². The number of hydrogen-bond acceptors (Lipinski definition) is 3. The van der Waals surface area contributed by atoms with Crippen molar-refractivity contribution in [2.45, 2.75) is 13.8 Å². The van der Waals surface area contributed by atoms with Gasteiger partial charge in [0.1, 0.15) is 0 Å². The van der Waals surface area contributed by atoms with Gasteiger partial charge < -0.3 is 5.73 Å². The molecule has 0 unspecified atom stereocenters. The minimum absolute atomic E-state index is 0.714. The van der Waals surface area contributed by atoms with E-state index in [2.05, 4.69) is 5.10 Å². The highest BCUT2D eigenvalue weighted by Crippen LogP contribution is 2.19. The smallest absolute Gasteiger partial charge is 0.0671 e. The van der Waals surface area contributed by atoms with Gasteiger partial charge in [-0.15, -0.1) is 0 Å². The second-order valence-corrected chi connectivity index (χ2v) is 5.21. The summed E-state index contributed by atoms with van der Waals surface area (Å²) in [6, 6.07) is 13.5. The van der Waals surface area contributed by atoms with Crippen LogP contribution in [0.4, 0.5) is 11.4 Å². The summed E-state index contributed by atoms with van der Waals surface area (Å²) < 4.78 is 0. The minimum atomic E-state index is 0.714. The van der Waals surface area contributed by atoms with Gasteiger partial charge in [-0.3, -0.25) is 5.01 Å². The molecule has 0 aliphatic rings. The molecule has 2 rings (SSSR count). The summed E-state index contributed by atoms with van der Waals surface area (Å²) in [7, 11) is 1.90. The van der Waals surface area contributed by atoms with Crippen LogP contribution in [-0.2, 0) is 0 Å². The molecule has 0 saturated heterocycles. The highest BCUT2D eigenvalue weighted by Gasteiger charge is 2.05. The molecular formula is C16H18ClN3. The van der Waals surface area contributed by atoms with Crippen LogP contribution in [0.25, 0.3) is 0 Å². The Kier molecular flexibility index (Phi) is 4.30. The summed E-state index contributed by atoms with van der Waals surface area (Å²) in [6.07, 6.45) is 0. The fraction of sp³-hybridized carbons (Fsp3) is 0.188. The van der Waals surface area contributed by atoms with Crippen molar-refractivity contribution < 1.29 is 0 Å². The van der Waals surface area contributed by atoms with Gasteiger partial charge in [0.25, 0.3) is 0 Å². The molecule has 0 heterocycles. The fourth-order valence-electron chi connectivity index (χ4n) is 1.98. The Bertz CT molecular complexity index is 633. The van der Waals surface area contributed by atoms with E-state index in [9.17, 15) is 0 Å². The molecule has 0 aliphatic heterocycles. The van der Waals surface area contributed by atoms with Crippen molar-refractivity contribution in [1.82, 2.24) is 0 Å². The Hall–Kier alpha value is -2.00. The van der Waals surface area contributed by atoms with E-state index in [4.69, 9.17) is 17.3 Å². The van der Waals surface area contributed by atoms with E-state index in [1.54, 1.807) is 0 Å². The Balaban J connectivity index is 2.29. The average Bonchev–Trinajstić information content (AvgIpc) is 2.42. The maximum atomic E-state index is 6.01. The number of anilines is 2. The molecule has 20 heavy (non-hydrogen) atoms. The lowest BCUT2D eigenvalue weighted by molar-refractivity contribution is 1.01. The van der Waals surface area contributed by atoms with Gasteiger partial charge in [0, 0.05) is 23.3 Å². The second kappa shape index (κ2) is 5.97. The van der Waals surface area contributed by atoms with E-state index in [1.807, 2.05) is 68.4 Å². The van der Waals surface area contributed by atoms with E-state index in [1.165, 1.54) is 0 Å². The van der Waals surface area contributed by atoms with Gasteiger partial charge in [0.2, 0.25) is 0 Å². The number of rotatable bonds is 3. The quantitative estimate of drug-likeness (QED) is 0.525. The molecule has 0 radical (unpaired) electrons. The maximum Gasteiger partial charge on any atom is 0.0671 e. The predicted octanol–water partition coefficient (Wildman–Crippen LogP) is 4.09. The molecule has 2 aromatic carbocycles. The molecule has 2 N–H and O–H groups in total. The summed E-state index contributed by atoms with van der Waals surface area (Å²) in [5, 5.41) is 7.10. The molecular weight excluding hydrogens is 270 g/mol. The van der Waals surface area contributed by atoms with Crippen LogP contribution < -0.4 is 10.7 Å². The highest BCUT2D eigenvalue weighted by molar-refractivity contribution is 6.30. The zero-order valence-electron chi connectivity index (χ0n) is 11.9. The van der Waals surface area contributed by atoms with Crippen LogP contribution in [0.3, 0.4) is 0 Å². The van der Waals surface area contributed by atoms with E-state index < -0.39 is 0 Å². The number of hydrogen-bond donors (Lipinski definition) is 1. The third kappa shape index (κ3) is 3.31. The SMILES string of the molecule is C/C(=N\N(C)c1ccc(Cl)cc1)c1cc(C)ccc1N. The van der Waals surface area contributed by atoms with Crippen molar-refractivity contribution in [3.05, 3.63) is 58.6 Å². The van der Waals surface area contributed by atoms with Crippen LogP contribution in [-0.4, -0.2) is 12.8 Å². The lowest BCUT2D eigenvalue weighted by Crippen LogP contribution is -2.13. The van der Waals surface area contributed by atoms with Crippen molar-refractivity contribution in [3.8, 4) is 0 Å². The van der Waals surface area contributed by atoms with E-state index in [-0.39, 0.29) is 0 Å². The highest BCUT2D eigenvalue weighted by atomic mass is 35.5. The first-order valence-electron chi connectivity index (χ1n) is 6.38. The minimum Gasteiger partial charge on any atom is -0.398 e. The number of hydrazone groups is 1. The standard InChI is InChI=1S/C16H18ClN3/c1-11-4-9-16(18)15(10-11)12(2)19-20(3)14-7-5-13(17)6-8-14/h4-10H,18H2,1-3H3/b19-12+. The van der Waals surface area contributed by atoms with Gasteiger partial charge >= 0.3 is 0 Å². The Labute approximate surface area is 124 Å². The molecule has 0 amide bonds. The molecule has 0 aliphatic carbocycles. The third-order valence-electron chi connectivity index (χ3n) is 3.10. The lowest BCUT2D eigenvalue weighted by Gasteiger charge is -2.15. The van der Waals surface area contributed by atoms with Crippen LogP contribution in [0, 0.1) is 6.92 Å². The van der Waals surface area contributed by atoms with E-state index in [0.717, 1.165) is 28.2 Å². The number of nitrogens with zero attached hydrogens (tertiary/aromatic N) is 2. The summed E-state index contributed by atoms with van der Waals surface area (Å²) >= 11 is 5.89. The Morgan fingerprint density at radius 1 is 1.15 bits per heavy atom. The van der Waals surface area contributed by atoms with Crippen molar-refractivity contribution in [2.24, 2.45) is 5.10 Å². The normalized spacial score (nSPS) is 11.5. The summed E-state index contributed by atoms with van der Waals surface area (Å²) in [4.78, 5) is 0. The zero-order chi connectivity index (χ0) is 14.7. The topological polar surface area (TPSA) is 41.6 Å². The van der Waals surface area contributed by atoms with Gasteiger partial charge in [-0.05, 0) is 50.2 Å². The van der Waals surface area contributed by atoms with Crippen LogP contribution >= 0.6 is 11.6 Å². The summed E-state index contributed by atoms with van der Waals surface area (Å²) in [6.45, 7) is 4.00. The molecule has 0 fully saturated rings. The first kappa shape index (κ1) is 14.4. The van der Waals surface area contributed by atoms with Gasteiger partial charge in [-0.2, -0.15) is 5.10 Å². The number of aryl methyl sites for hydroxylation is 1. The molecule has 0 saturated carbocycles. The molecule has 0 aromatic heterocycles.